The lowest BCUT2D eigenvalue weighted by molar-refractivity contribution is -0.113. The van der Waals surface area contributed by atoms with E-state index in [2.05, 4.69) is 19.2 Å². The van der Waals surface area contributed by atoms with Crippen molar-refractivity contribution in [1.29, 1.82) is 0 Å². The Labute approximate surface area is 150 Å². The number of amides is 1. The molecule has 128 valence electrons. The van der Waals surface area contributed by atoms with Crippen molar-refractivity contribution in [3.8, 4) is 0 Å². The molecule has 25 heavy (non-hydrogen) atoms. The molecule has 1 N–H and O–H groups in total. The third kappa shape index (κ3) is 3.44. The van der Waals surface area contributed by atoms with Gasteiger partial charge in [-0.15, -0.1) is 0 Å². The third-order valence-electron chi connectivity index (χ3n) is 3.95. The van der Waals surface area contributed by atoms with Crippen LogP contribution in [0.4, 0.5) is 14.5 Å². The highest BCUT2D eigenvalue weighted by atomic mass is 32.1. The fourth-order valence-electron chi connectivity index (χ4n) is 2.55. The highest BCUT2D eigenvalue weighted by Crippen LogP contribution is 2.25. The number of benzene rings is 2. The standard InChI is InChI=1S/C19H16F2N2OS/c1-11(2)13-4-6-14(7-5-13)23-18(24)17(22-19(23)25)10-12-3-8-15(20)16(21)9-12/h3-11H,1-2H3,(H,22,25)/b17-10+. The molecule has 0 aromatic heterocycles. The van der Waals surface area contributed by atoms with Gasteiger partial charge in [0.2, 0.25) is 0 Å². The van der Waals surface area contributed by atoms with E-state index >= 15 is 0 Å². The van der Waals surface area contributed by atoms with Gasteiger partial charge in [0.05, 0.1) is 5.69 Å². The first-order chi connectivity index (χ1) is 11.9. The molecular weight excluding hydrogens is 342 g/mol. The lowest BCUT2D eigenvalue weighted by atomic mass is 10.0. The summed E-state index contributed by atoms with van der Waals surface area (Å²) < 4.78 is 26.3. The molecule has 2 aromatic carbocycles. The van der Waals surface area contributed by atoms with E-state index in [1.807, 2.05) is 24.3 Å². The molecule has 3 rings (SSSR count). The second-order valence-corrected chi connectivity index (χ2v) is 6.44. The van der Waals surface area contributed by atoms with Crippen LogP contribution >= 0.6 is 12.2 Å². The number of thiocarbonyl (C=S) groups is 1. The molecule has 0 radical (unpaired) electrons. The van der Waals surface area contributed by atoms with Crippen LogP contribution in [0.5, 0.6) is 0 Å². The Balaban J connectivity index is 1.89. The SMILES string of the molecule is CC(C)c1ccc(N2C(=O)/C(=C\c3ccc(F)c(F)c3)NC2=S)cc1. The minimum Gasteiger partial charge on any atom is -0.327 e. The van der Waals surface area contributed by atoms with E-state index in [1.54, 1.807) is 0 Å². The number of nitrogens with one attached hydrogen (secondary N) is 1. The van der Waals surface area contributed by atoms with Gasteiger partial charge in [0, 0.05) is 0 Å². The zero-order valence-corrected chi connectivity index (χ0v) is 14.5. The van der Waals surface area contributed by atoms with Crippen LogP contribution in [0, 0.1) is 11.6 Å². The smallest absolute Gasteiger partial charge is 0.281 e. The van der Waals surface area contributed by atoms with Gasteiger partial charge in [-0.25, -0.2) is 8.78 Å². The van der Waals surface area contributed by atoms with Crippen molar-refractivity contribution in [3.05, 3.63) is 70.9 Å². The molecule has 1 heterocycles. The summed E-state index contributed by atoms with van der Waals surface area (Å²) in [6.07, 6.45) is 1.44. The first kappa shape index (κ1) is 17.2. The Morgan fingerprint density at radius 3 is 2.36 bits per heavy atom. The Hall–Kier alpha value is -2.60. The summed E-state index contributed by atoms with van der Waals surface area (Å²) in [5.74, 6) is -1.86. The first-order valence-corrected chi connectivity index (χ1v) is 8.20. The van der Waals surface area contributed by atoms with Gasteiger partial charge in [-0.1, -0.05) is 32.0 Å². The van der Waals surface area contributed by atoms with Gasteiger partial charge in [-0.2, -0.15) is 0 Å². The predicted molar refractivity (Wildman–Crippen MR) is 98.1 cm³/mol. The van der Waals surface area contributed by atoms with E-state index in [4.69, 9.17) is 12.2 Å². The van der Waals surface area contributed by atoms with Gasteiger partial charge in [0.15, 0.2) is 16.7 Å². The van der Waals surface area contributed by atoms with Crippen LogP contribution in [-0.2, 0) is 4.79 Å². The molecular formula is C19H16F2N2OS. The molecule has 6 heteroatoms. The fraction of sp³-hybridized carbons (Fsp3) is 0.158. The van der Waals surface area contributed by atoms with Crippen molar-refractivity contribution in [2.24, 2.45) is 0 Å². The zero-order chi connectivity index (χ0) is 18.1. The minimum atomic E-state index is -0.969. The summed E-state index contributed by atoms with van der Waals surface area (Å²) in [4.78, 5) is 14.0. The molecule has 1 amide bonds. The first-order valence-electron chi connectivity index (χ1n) is 7.79. The third-order valence-corrected chi connectivity index (χ3v) is 4.24. The van der Waals surface area contributed by atoms with Crippen LogP contribution in [0.1, 0.15) is 30.9 Å². The van der Waals surface area contributed by atoms with Gasteiger partial charge in [-0.05, 0) is 59.6 Å². The molecule has 3 nitrogen and oxygen atoms in total. The average molecular weight is 358 g/mol. The van der Waals surface area contributed by atoms with Crippen molar-refractivity contribution in [2.75, 3.05) is 4.90 Å². The number of hydrogen-bond acceptors (Lipinski definition) is 2. The van der Waals surface area contributed by atoms with Crippen molar-refractivity contribution in [1.82, 2.24) is 5.32 Å². The van der Waals surface area contributed by atoms with Crippen LogP contribution in [0.15, 0.2) is 48.2 Å². The van der Waals surface area contributed by atoms with Crippen LogP contribution in [0.2, 0.25) is 0 Å². The predicted octanol–water partition coefficient (Wildman–Crippen LogP) is 4.35. The van der Waals surface area contributed by atoms with E-state index in [-0.39, 0.29) is 16.7 Å². The van der Waals surface area contributed by atoms with Crippen molar-refractivity contribution in [2.45, 2.75) is 19.8 Å². The Morgan fingerprint density at radius 2 is 1.76 bits per heavy atom. The fourth-order valence-corrected chi connectivity index (χ4v) is 2.84. The van der Waals surface area contributed by atoms with E-state index in [1.165, 1.54) is 17.0 Å². The van der Waals surface area contributed by atoms with Gasteiger partial charge >= 0.3 is 0 Å². The zero-order valence-electron chi connectivity index (χ0n) is 13.7. The highest BCUT2D eigenvalue weighted by molar-refractivity contribution is 7.80. The summed E-state index contributed by atoms with van der Waals surface area (Å²) >= 11 is 5.24. The number of nitrogens with zero attached hydrogens (tertiary/aromatic N) is 1. The molecule has 1 saturated heterocycles. The number of carbonyl (C=O) groups is 1. The number of anilines is 1. The quantitative estimate of drug-likeness (QED) is 0.654. The molecule has 0 saturated carbocycles. The minimum absolute atomic E-state index is 0.212. The molecule has 0 bridgehead atoms. The largest absolute Gasteiger partial charge is 0.327 e. The summed E-state index contributed by atoms with van der Waals surface area (Å²) in [6.45, 7) is 4.18. The van der Waals surface area contributed by atoms with E-state index in [9.17, 15) is 13.6 Å². The Kier molecular flexibility index (Phi) is 4.63. The van der Waals surface area contributed by atoms with Crippen LogP contribution in [0.25, 0.3) is 6.08 Å². The summed E-state index contributed by atoms with van der Waals surface area (Å²) in [7, 11) is 0. The van der Waals surface area contributed by atoms with E-state index < -0.39 is 11.6 Å². The van der Waals surface area contributed by atoms with Crippen molar-refractivity contribution in [3.63, 3.8) is 0 Å². The number of rotatable bonds is 3. The summed E-state index contributed by atoms with van der Waals surface area (Å²) in [5, 5.41) is 3.07. The van der Waals surface area contributed by atoms with Gasteiger partial charge in [-0.3, -0.25) is 9.69 Å². The molecule has 0 unspecified atom stereocenters. The maximum absolute atomic E-state index is 13.3. The monoisotopic (exact) mass is 358 g/mol. The molecule has 1 aliphatic rings. The topological polar surface area (TPSA) is 32.3 Å². The Bertz CT molecular complexity index is 875. The molecule has 0 aliphatic carbocycles. The Morgan fingerprint density at radius 1 is 1.08 bits per heavy atom. The normalized spacial score (nSPS) is 16.0. The second kappa shape index (κ2) is 6.72. The molecule has 1 aliphatic heterocycles. The van der Waals surface area contributed by atoms with Crippen molar-refractivity contribution >= 4 is 35.0 Å². The highest BCUT2D eigenvalue weighted by Gasteiger charge is 2.31. The van der Waals surface area contributed by atoms with Gasteiger partial charge in [0.1, 0.15) is 5.70 Å². The number of hydrogen-bond donors (Lipinski definition) is 1. The molecule has 2 aromatic rings. The van der Waals surface area contributed by atoms with Crippen LogP contribution < -0.4 is 10.2 Å². The molecule has 0 spiro atoms. The maximum Gasteiger partial charge on any atom is 0.281 e. The van der Waals surface area contributed by atoms with Crippen molar-refractivity contribution < 1.29 is 13.6 Å². The lowest BCUT2D eigenvalue weighted by Crippen LogP contribution is -2.30. The summed E-state index contributed by atoms with van der Waals surface area (Å²) in [6, 6.07) is 11.0. The lowest BCUT2D eigenvalue weighted by Gasteiger charge is -2.15. The maximum atomic E-state index is 13.3. The number of carbonyl (C=O) groups excluding carboxylic acids is 1. The molecule has 0 atom stereocenters. The van der Waals surface area contributed by atoms with E-state index in [0.29, 0.717) is 17.2 Å². The van der Waals surface area contributed by atoms with Gasteiger partial charge in [0.25, 0.3) is 5.91 Å². The summed E-state index contributed by atoms with van der Waals surface area (Å²) in [5.41, 5.74) is 2.39. The van der Waals surface area contributed by atoms with E-state index in [0.717, 1.165) is 17.7 Å². The van der Waals surface area contributed by atoms with Crippen LogP contribution in [0.3, 0.4) is 0 Å². The molecule has 1 fully saturated rings. The second-order valence-electron chi connectivity index (χ2n) is 6.05. The van der Waals surface area contributed by atoms with Gasteiger partial charge < -0.3 is 5.32 Å². The van der Waals surface area contributed by atoms with Crippen LogP contribution in [-0.4, -0.2) is 11.0 Å². The number of halogens is 2. The average Bonchev–Trinajstić information content (AvgIpc) is 2.85.